The van der Waals surface area contributed by atoms with Crippen molar-refractivity contribution in [2.75, 3.05) is 13.1 Å². The van der Waals surface area contributed by atoms with Crippen LogP contribution in [-0.4, -0.2) is 29.0 Å². The first-order valence-corrected chi connectivity index (χ1v) is 8.27. The Morgan fingerprint density at radius 1 is 1.33 bits per heavy atom. The van der Waals surface area contributed by atoms with Crippen molar-refractivity contribution in [2.24, 2.45) is 0 Å². The van der Waals surface area contributed by atoms with E-state index in [-0.39, 0.29) is 23.9 Å². The lowest BCUT2D eigenvalue weighted by Crippen LogP contribution is -2.35. The van der Waals surface area contributed by atoms with Crippen LogP contribution in [0.5, 0.6) is 0 Å². The van der Waals surface area contributed by atoms with Gasteiger partial charge in [0.1, 0.15) is 11.4 Å². The largest absolute Gasteiger partial charge is 0.383 e. The Morgan fingerprint density at radius 3 is 2.79 bits per heavy atom. The van der Waals surface area contributed by atoms with E-state index in [0.717, 1.165) is 11.1 Å². The van der Waals surface area contributed by atoms with Crippen molar-refractivity contribution in [3.8, 4) is 0 Å². The second-order valence-corrected chi connectivity index (χ2v) is 6.73. The number of β-amino-alcohol motifs (C(OH)–C–C–N with tert-alkyl or cyclic N) is 1. The molecule has 3 rings (SSSR count). The Hall–Kier alpha value is -1.91. The molecule has 1 fully saturated rings. The van der Waals surface area contributed by atoms with Crippen LogP contribution in [0, 0.1) is 12.7 Å². The summed E-state index contributed by atoms with van der Waals surface area (Å²) in [5.41, 5.74) is 1.44. The van der Waals surface area contributed by atoms with Gasteiger partial charge < -0.3 is 10.0 Å². The van der Waals surface area contributed by atoms with E-state index in [2.05, 4.69) is 0 Å². The van der Waals surface area contributed by atoms with Gasteiger partial charge in [0.05, 0.1) is 13.0 Å². The molecule has 1 amide bonds. The van der Waals surface area contributed by atoms with Gasteiger partial charge in [-0.3, -0.25) is 4.79 Å². The molecule has 0 radical (unpaired) electrons. The normalized spacial score (nSPS) is 20.4. The van der Waals surface area contributed by atoms with Crippen molar-refractivity contribution < 1.29 is 14.3 Å². The van der Waals surface area contributed by atoms with Crippen molar-refractivity contribution in [1.82, 2.24) is 4.90 Å². The van der Waals surface area contributed by atoms with Crippen LogP contribution in [-0.2, 0) is 16.8 Å². The fraction of sp³-hybridized carbons (Fsp3) is 0.316. The van der Waals surface area contributed by atoms with Gasteiger partial charge in [-0.1, -0.05) is 41.9 Å². The van der Waals surface area contributed by atoms with Crippen LogP contribution in [0.1, 0.15) is 23.1 Å². The molecule has 1 heterocycles. The molecule has 0 aliphatic carbocycles. The fourth-order valence-corrected chi connectivity index (χ4v) is 3.50. The zero-order valence-electron chi connectivity index (χ0n) is 13.4. The summed E-state index contributed by atoms with van der Waals surface area (Å²) in [6, 6.07) is 11.7. The van der Waals surface area contributed by atoms with Crippen LogP contribution < -0.4 is 0 Å². The van der Waals surface area contributed by atoms with E-state index in [9.17, 15) is 14.3 Å². The number of rotatable bonds is 3. The second kappa shape index (κ2) is 6.54. The number of halogens is 2. The molecule has 2 aromatic rings. The molecule has 2 aromatic carbocycles. The fourth-order valence-electron chi connectivity index (χ4n) is 3.26. The maximum atomic E-state index is 13.1. The SMILES string of the molecule is Cc1ccccc1C1(O)CCN(C(=O)Cc2ccc(F)cc2Cl)C1. The Labute approximate surface area is 145 Å². The van der Waals surface area contributed by atoms with Gasteiger partial charge in [0.15, 0.2) is 0 Å². The molecular weight excluding hydrogens is 329 g/mol. The molecule has 0 spiro atoms. The molecule has 0 saturated carbocycles. The second-order valence-electron chi connectivity index (χ2n) is 6.32. The first kappa shape index (κ1) is 16.9. The van der Waals surface area contributed by atoms with Crippen molar-refractivity contribution in [2.45, 2.75) is 25.4 Å². The minimum atomic E-state index is -1.02. The molecule has 0 bridgehead atoms. The zero-order chi connectivity index (χ0) is 17.3. The third-order valence-corrected chi connectivity index (χ3v) is 4.96. The quantitative estimate of drug-likeness (QED) is 0.923. The number of carbonyl (C=O) groups is 1. The molecule has 1 saturated heterocycles. The van der Waals surface area contributed by atoms with Crippen molar-refractivity contribution in [3.63, 3.8) is 0 Å². The van der Waals surface area contributed by atoms with Crippen molar-refractivity contribution >= 4 is 17.5 Å². The summed E-state index contributed by atoms with van der Waals surface area (Å²) < 4.78 is 13.1. The minimum absolute atomic E-state index is 0.100. The predicted octanol–water partition coefficient (Wildman–Crippen LogP) is 3.45. The van der Waals surface area contributed by atoms with Crippen LogP contribution in [0.3, 0.4) is 0 Å². The number of hydrogen-bond acceptors (Lipinski definition) is 2. The third-order valence-electron chi connectivity index (χ3n) is 4.60. The molecule has 3 nitrogen and oxygen atoms in total. The first-order chi connectivity index (χ1) is 11.4. The highest BCUT2D eigenvalue weighted by Gasteiger charge is 2.40. The van der Waals surface area contributed by atoms with Gasteiger partial charge in [-0.2, -0.15) is 0 Å². The summed E-state index contributed by atoms with van der Waals surface area (Å²) in [4.78, 5) is 14.2. The lowest BCUT2D eigenvalue weighted by molar-refractivity contribution is -0.130. The maximum Gasteiger partial charge on any atom is 0.227 e. The van der Waals surface area contributed by atoms with E-state index < -0.39 is 11.4 Å². The van der Waals surface area contributed by atoms with Gasteiger partial charge in [0, 0.05) is 11.6 Å². The first-order valence-electron chi connectivity index (χ1n) is 7.89. The number of nitrogens with zero attached hydrogens (tertiary/aromatic N) is 1. The van der Waals surface area contributed by atoms with Crippen molar-refractivity contribution in [3.05, 3.63) is 70.0 Å². The van der Waals surface area contributed by atoms with E-state index >= 15 is 0 Å². The van der Waals surface area contributed by atoms with Crippen LogP contribution in [0.2, 0.25) is 5.02 Å². The molecule has 0 aromatic heterocycles. The van der Waals surface area contributed by atoms with Crippen molar-refractivity contribution in [1.29, 1.82) is 0 Å². The van der Waals surface area contributed by atoms with Crippen LogP contribution in [0.25, 0.3) is 0 Å². The molecule has 1 aliphatic heterocycles. The molecule has 5 heteroatoms. The average molecular weight is 348 g/mol. The van der Waals surface area contributed by atoms with E-state index in [1.165, 1.54) is 18.2 Å². The van der Waals surface area contributed by atoms with Crippen LogP contribution in [0.4, 0.5) is 4.39 Å². The molecule has 24 heavy (non-hydrogen) atoms. The molecule has 126 valence electrons. The summed E-state index contributed by atoms with van der Waals surface area (Å²) in [6.45, 7) is 2.70. The Bertz CT molecular complexity index is 780. The van der Waals surface area contributed by atoms with Gasteiger partial charge in [-0.05, 0) is 42.2 Å². The Balaban J connectivity index is 1.73. The summed E-state index contributed by atoms with van der Waals surface area (Å²) >= 11 is 5.99. The summed E-state index contributed by atoms with van der Waals surface area (Å²) in [5.74, 6) is -0.542. The molecule has 1 aliphatic rings. The number of aryl methyl sites for hydroxylation is 1. The standard InChI is InChI=1S/C19H19ClFNO2/c1-13-4-2-3-5-16(13)19(24)8-9-22(12-19)18(23)10-14-6-7-15(21)11-17(14)20/h2-7,11,24H,8-10,12H2,1H3. The number of carbonyl (C=O) groups excluding carboxylic acids is 1. The predicted molar refractivity (Wildman–Crippen MR) is 91.4 cm³/mol. The summed E-state index contributed by atoms with van der Waals surface area (Å²) in [7, 11) is 0. The number of aliphatic hydroxyl groups is 1. The molecular formula is C19H19ClFNO2. The van der Waals surface area contributed by atoms with E-state index in [1.54, 1.807) is 4.90 Å². The van der Waals surface area contributed by atoms with Crippen LogP contribution in [0.15, 0.2) is 42.5 Å². The zero-order valence-corrected chi connectivity index (χ0v) is 14.2. The van der Waals surface area contributed by atoms with E-state index in [1.807, 2.05) is 31.2 Å². The van der Waals surface area contributed by atoms with Gasteiger partial charge >= 0.3 is 0 Å². The lowest BCUT2D eigenvalue weighted by Gasteiger charge is -2.25. The number of amides is 1. The van der Waals surface area contributed by atoms with Gasteiger partial charge in [-0.15, -0.1) is 0 Å². The molecule has 1 N–H and O–H groups in total. The van der Waals surface area contributed by atoms with Gasteiger partial charge in [-0.25, -0.2) is 4.39 Å². The molecule has 1 unspecified atom stereocenters. The Morgan fingerprint density at radius 2 is 2.08 bits per heavy atom. The highest BCUT2D eigenvalue weighted by atomic mass is 35.5. The smallest absolute Gasteiger partial charge is 0.227 e. The topological polar surface area (TPSA) is 40.5 Å². The summed E-state index contributed by atoms with van der Waals surface area (Å²) in [5, 5.41) is 11.2. The lowest BCUT2D eigenvalue weighted by atomic mass is 9.89. The molecule has 1 atom stereocenters. The average Bonchev–Trinajstić information content (AvgIpc) is 2.94. The third kappa shape index (κ3) is 3.30. The number of benzene rings is 2. The Kier molecular flexibility index (Phi) is 4.61. The van der Waals surface area contributed by atoms with Gasteiger partial charge in [0.2, 0.25) is 5.91 Å². The van der Waals surface area contributed by atoms with E-state index in [4.69, 9.17) is 11.6 Å². The highest BCUT2D eigenvalue weighted by Crippen LogP contribution is 2.34. The maximum absolute atomic E-state index is 13.1. The van der Waals surface area contributed by atoms with Crippen LogP contribution >= 0.6 is 11.6 Å². The highest BCUT2D eigenvalue weighted by molar-refractivity contribution is 6.31. The monoisotopic (exact) mass is 347 g/mol. The number of likely N-dealkylation sites (tertiary alicyclic amines) is 1. The summed E-state index contributed by atoms with van der Waals surface area (Å²) in [6.07, 6.45) is 0.601. The number of hydrogen-bond donors (Lipinski definition) is 1. The minimum Gasteiger partial charge on any atom is -0.383 e. The van der Waals surface area contributed by atoms with E-state index in [0.29, 0.717) is 18.5 Å². The van der Waals surface area contributed by atoms with Gasteiger partial charge in [0.25, 0.3) is 0 Å².